The molecule has 6 heteroatoms. The third kappa shape index (κ3) is 4.92. The Morgan fingerprint density at radius 3 is 2.67 bits per heavy atom. The average molecular weight is 302 g/mol. The van der Waals surface area contributed by atoms with Gasteiger partial charge >= 0.3 is 5.97 Å². The topological polar surface area (TPSA) is 79.3 Å². The molecule has 0 spiro atoms. The smallest absolute Gasteiger partial charge is 0.335 e. The molecule has 0 aliphatic carbocycles. The quantitative estimate of drug-likeness (QED) is 0.800. The van der Waals surface area contributed by atoms with Crippen LogP contribution in [0, 0.1) is 0 Å². The zero-order chi connectivity index (χ0) is 15.1. The van der Waals surface area contributed by atoms with Crippen LogP contribution in [-0.2, 0) is 11.3 Å². The molecular formula is C15H14N2O3S. The van der Waals surface area contributed by atoms with Crippen LogP contribution in [-0.4, -0.2) is 27.7 Å². The number of carbonyl (C=O) groups is 2. The average Bonchev–Trinajstić information content (AvgIpc) is 2.52. The van der Waals surface area contributed by atoms with Crippen molar-refractivity contribution in [1.29, 1.82) is 0 Å². The molecule has 108 valence electrons. The Balaban J connectivity index is 1.81. The van der Waals surface area contributed by atoms with Crippen molar-refractivity contribution in [2.45, 2.75) is 11.4 Å². The number of amides is 1. The van der Waals surface area contributed by atoms with Crippen LogP contribution in [0.25, 0.3) is 0 Å². The maximum atomic E-state index is 11.7. The molecule has 0 aliphatic heterocycles. The van der Waals surface area contributed by atoms with Gasteiger partial charge in [-0.15, -0.1) is 11.8 Å². The fraction of sp³-hybridized carbons (Fsp3) is 0.133. The van der Waals surface area contributed by atoms with E-state index in [4.69, 9.17) is 5.11 Å². The lowest BCUT2D eigenvalue weighted by atomic mass is 10.2. The summed E-state index contributed by atoms with van der Waals surface area (Å²) in [5.41, 5.74) is 0.681. The van der Waals surface area contributed by atoms with Gasteiger partial charge in [0.15, 0.2) is 0 Å². The lowest BCUT2D eigenvalue weighted by Crippen LogP contribution is -2.25. The Bertz CT molecular complexity index is 632. The lowest BCUT2D eigenvalue weighted by molar-refractivity contribution is -0.118. The van der Waals surface area contributed by atoms with Gasteiger partial charge in [0.1, 0.15) is 0 Å². The molecule has 1 amide bonds. The number of pyridine rings is 1. The normalized spacial score (nSPS) is 10.1. The van der Waals surface area contributed by atoms with Crippen LogP contribution < -0.4 is 5.32 Å². The van der Waals surface area contributed by atoms with Crippen molar-refractivity contribution in [2.24, 2.45) is 0 Å². The molecule has 0 bridgehead atoms. The number of rotatable bonds is 6. The van der Waals surface area contributed by atoms with Crippen molar-refractivity contribution in [3.05, 3.63) is 59.9 Å². The Morgan fingerprint density at radius 1 is 1.19 bits per heavy atom. The van der Waals surface area contributed by atoms with Gasteiger partial charge in [0.25, 0.3) is 0 Å². The molecule has 2 rings (SSSR count). The monoisotopic (exact) mass is 302 g/mol. The highest BCUT2D eigenvalue weighted by Gasteiger charge is 2.06. The summed E-state index contributed by atoms with van der Waals surface area (Å²) in [5, 5.41) is 11.6. The zero-order valence-electron chi connectivity index (χ0n) is 11.2. The number of benzene rings is 1. The fourth-order valence-electron chi connectivity index (χ4n) is 1.61. The summed E-state index contributed by atoms with van der Waals surface area (Å²) in [7, 11) is 0. The lowest BCUT2D eigenvalue weighted by Gasteiger charge is -2.05. The van der Waals surface area contributed by atoms with E-state index in [1.54, 1.807) is 0 Å². The summed E-state index contributed by atoms with van der Waals surface area (Å²) in [5.74, 6) is -0.821. The van der Waals surface area contributed by atoms with Gasteiger partial charge in [-0.25, -0.2) is 4.79 Å². The fourth-order valence-corrected chi connectivity index (χ4v) is 2.36. The van der Waals surface area contributed by atoms with Gasteiger partial charge in [-0.3, -0.25) is 9.78 Å². The van der Waals surface area contributed by atoms with E-state index in [2.05, 4.69) is 10.3 Å². The molecule has 1 aromatic heterocycles. The molecule has 0 aliphatic rings. The van der Waals surface area contributed by atoms with Gasteiger partial charge in [0.05, 0.1) is 23.6 Å². The Morgan fingerprint density at radius 2 is 1.95 bits per heavy atom. The van der Waals surface area contributed by atoms with E-state index < -0.39 is 5.97 Å². The highest BCUT2D eigenvalue weighted by Crippen LogP contribution is 2.16. The number of nitrogens with one attached hydrogen (secondary N) is 1. The summed E-state index contributed by atoms with van der Waals surface area (Å²) < 4.78 is 0. The van der Waals surface area contributed by atoms with Crippen LogP contribution in [0.4, 0.5) is 0 Å². The zero-order valence-corrected chi connectivity index (χ0v) is 12.0. The van der Waals surface area contributed by atoms with Gasteiger partial charge in [-0.2, -0.15) is 0 Å². The standard InChI is InChI=1S/C15H14N2O3S/c18-14(10-21-13-4-2-1-3-5-13)17-9-12-8-11(15(19)20)6-7-16-12/h1-8H,9-10H2,(H,17,18)(H,19,20). The first kappa shape index (κ1) is 15.1. The summed E-state index contributed by atoms with van der Waals surface area (Å²) >= 11 is 1.45. The van der Waals surface area contributed by atoms with Crippen molar-refractivity contribution >= 4 is 23.6 Å². The van der Waals surface area contributed by atoms with Crippen molar-refractivity contribution in [2.75, 3.05) is 5.75 Å². The second-order valence-electron chi connectivity index (χ2n) is 4.22. The number of aromatic carboxylic acids is 1. The summed E-state index contributed by atoms with van der Waals surface area (Å²) in [6.07, 6.45) is 1.42. The minimum atomic E-state index is -1.01. The molecule has 2 N–H and O–H groups in total. The second kappa shape index (κ2) is 7.44. The molecule has 0 radical (unpaired) electrons. The number of carboxylic acid groups (broad SMARTS) is 1. The molecule has 0 atom stereocenters. The second-order valence-corrected chi connectivity index (χ2v) is 5.27. The molecule has 21 heavy (non-hydrogen) atoms. The Kier molecular flexibility index (Phi) is 5.34. The predicted molar refractivity (Wildman–Crippen MR) is 80.2 cm³/mol. The summed E-state index contributed by atoms with van der Waals surface area (Å²) in [6, 6.07) is 12.5. The van der Waals surface area contributed by atoms with Crippen LogP contribution in [0.15, 0.2) is 53.6 Å². The molecule has 1 heterocycles. The highest BCUT2D eigenvalue weighted by molar-refractivity contribution is 8.00. The molecule has 0 saturated heterocycles. The SMILES string of the molecule is O=C(CSc1ccccc1)NCc1cc(C(=O)O)ccn1. The van der Waals surface area contributed by atoms with Crippen LogP contribution in [0.3, 0.4) is 0 Å². The molecule has 5 nitrogen and oxygen atoms in total. The van der Waals surface area contributed by atoms with E-state index in [9.17, 15) is 9.59 Å². The molecular weight excluding hydrogens is 288 g/mol. The van der Waals surface area contributed by atoms with E-state index in [0.717, 1.165) is 4.90 Å². The van der Waals surface area contributed by atoms with Gasteiger partial charge in [-0.1, -0.05) is 18.2 Å². The minimum Gasteiger partial charge on any atom is -0.478 e. The Labute approximate surface area is 126 Å². The van der Waals surface area contributed by atoms with Gasteiger partial charge in [0.2, 0.25) is 5.91 Å². The number of hydrogen-bond acceptors (Lipinski definition) is 4. The van der Waals surface area contributed by atoms with E-state index in [1.807, 2.05) is 30.3 Å². The highest BCUT2D eigenvalue weighted by atomic mass is 32.2. The van der Waals surface area contributed by atoms with Crippen LogP contribution in [0.5, 0.6) is 0 Å². The number of thioether (sulfide) groups is 1. The number of carbonyl (C=O) groups excluding carboxylic acids is 1. The van der Waals surface area contributed by atoms with Crippen molar-refractivity contribution in [3.63, 3.8) is 0 Å². The van der Waals surface area contributed by atoms with Crippen LogP contribution in [0.2, 0.25) is 0 Å². The maximum Gasteiger partial charge on any atom is 0.335 e. The molecule has 0 unspecified atom stereocenters. The number of nitrogens with zero attached hydrogens (tertiary/aromatic N) is 1. The van der Waals surface area contributed by atoms with Crippen LogP contribution in [0.1, 0.15) is 16.1 Å². The third-order valence-electron chi connectivity index (χ3n) is 2.64. The van der Waals surface area contributed by atoms with Gasteiger partial charge in [0, 0.05) is 11.1 Å². The van der Waals surface area contributed by atoms with Crippen LogP contribution >= 0.6 is 11.8 Å². The predicted octanol–water partition coefficient (Wildman–Crippen LogP) is 2.19. The first-order valence-electron chi connectivity index (χ1n) is 6.28. The summed E-state index contributed by atoms with van der Waals surface area (Å²) in [4.78, 5) is 27.6. The summed E-state index contributed by atoms with van der Waals surface area (Å²) in [6.45, 7) is 0.218. The van der Waals surface area contributed by atoms with Gasteiger partial charge in [-0.05, 0) is 24.3 Å². The largest absolute Gasteiger partial charge is 0.478 e. The number of carboxylic acids is 1. The van der Waals surface area contributed by atoms with E-state index in [-0.39, 0.29) is 18.0 Å². The molecule has 2 aromatic rings. The minimum absolute atomic E-state index is 0.119. The van der Waals surface area contributed by atoms with E-state index >= 15 is 0 Å². The number of aromatic nitrogens is 1. The number of hydrogen-bond donors (Lipinski definition) is 2. The molecule has 0 fully saturated rings. The maximum absolute atomic E-state index is 11.7. The first-order valence-corrected chi connectivity index (χ1v) is 7.26. The van der Waals surface area contributed by atoms with Crippen molar-refractivity contribution in [1.82, 2.24) is 10.3 Å². The Hall–Kier alpha value is -2.34. The van der Waals surface area contributed by atoms with Crippen molar-refractivity contribution in [3.8, 4) is 0 Å². The first-order chi connectivity index (χ1) is 10.1. The third-order valence-corrected chi connectivity index (χ3v) is 3.66. The van der Waals surface area contributed by atoms with Gasteiger partial charge < -0.3 is 10.4 Å². The van der Waals surface area contributed by atoms with E-state index in [1.165, 1.54) is 30.1 Å². The molecule has 1 aromatic carbocycles. The molecule has 0 saturated carbocycles. The van der Waals surface area contributed by atoms with Crippen molar-refractivity contribution < 1.29 is 14.7 Å². The van der Waals surface area contributed by atoms with E-state index in [0.29, 0.717) is 11.4 Å².